The Morgan fingerprint density at radius 3 is 2.74 bits per heavy atom. The van der Waals surface area contributed by atoms with Crippen molar-refractivity contribution in [2.24, 2.45) is 0 Å². The van der Waals surface area contributed by atoms with Crippen molar-refractivity contribution in [1.29, 1.82) is 0 Å². The Morgan fingerprint density at radius 2 is 2.00 bits per heavy atom. The van der Waals surface area contributed by atoms with Crippen molar-refractivity contribution < 1.29 is 14.3 Å². The van der Waals surface area contributed by atoms with E-state index in [1.165, 1.54) is 0 Å². The molecule has 4 nitrogen and oxygen atoms in total. The maximum Gasteiger partial charge on any atom is 0.187 e. The molecule has 1 fully saturated rings. The van der Waals surface area contributed by atoms with E-state index in [4.69, 9.17) is 9.47 Å². The Kier molecular flexibility index (Phi) is 3.17. The van der Waals surface area contributed by atoms with Crippen LogP contribution >= 0.6 is 0 Å². The van der Waals surface area contributed by atoms with Crippen molar-refractivity contribution in [3.8, 4) is 0 Å². The topological polar surface area (TPSA) is 38.8 Å². The molecule has 1 unspecified atom stereocenters. The van der Waals surface area contributed by atoms with Crippen LogP contribution in [0.4, 0.5) is 0 Å². The van der Waals surface area contributed by atoms with Crippen molar-refractivity contribution in [2.45, 2.75) is 24.7 Å². The maximum atomic E-state index is 12.2. The van der Waals surface area contributed by atoms with Gasteiger partial charge in [0.05, 0.1) is 12.6 Å². The molecule has 0 radical (unpaired) electrons. The lowest BCUT2D eigenvalue weighted by Gasteiger charge is -2.50. The van der Waals surface area contributed by atoms with Gasteiger partial charge in [0.1, 0.15) is 0 Å². The van der Waals surface area contributed by atoms with Crippen molar-refractivity contribution in [3.05, 3.63) is 35.4 Å². The lowest BCUT2D eigenvalue weighted by molar-refractivity contribution is -0.263. The number of carbonyl (C=O) groups is 1. The number of rotatable bonds is 2. The van der Waals surface area contributed by atoms with Crippen LogP contribution in [0.3, 0.4) is 0 Å². The molecule has 2 heterocycles. The van der Waals surface area contributed by atoms with Gasteiger partial charge in [-0.15, -0.1) is 0 Å². The molecule has 1 saturated heterocycles. The molecule has 19 heavy (non-hydrogen) atoms. The summed E-state index contributed by atoms with van der Waals surface area (Å²) in [7, 11) is 3.37. The summed E-state index contributed by atoms with van der Waals surface area (Å²) in [6.45, 7) is 1.37. The van der Waals surface area contributed by atoms with Gasteiger partial charge >= 0.3 is 0 Å². The van der Waals surface area contributed by atoms with Crippen molar-refractivity contribution in [1.82, 2.24) is 4.90 Å². The quantitative estimate of drug-likeness (QED) is 0.763. The molecule has 0 aliphatic carbocycles. The van der Waals surface area contributed by atoms with Crippen molar-refractivity contribution in [2.75, 3.05) is 27.3 Å². The number of methoxy groups -OCH3 is 2. The number of carbonyl (C=O) groups excluding carboxylic acids is 1. The van der Waals surface area contributed by atoms with Gasteiger partial charge in [0.2, 0.25) is 0 Å². The van der Waals surface area contributed by atoms with E-state index in [2.05, 4.69) is 4.90 Å². The summed E-state index contributed by atoms with van der Waals surface area (Å²) in [6.07, 6.45) is 1.83. The Bertz CT molecular complexity index is 496. The normalized spacial score (nSPS) is 25.8. The third-order valence-electron chi connectivity index (χ3n) is 4.35. The van der Waals surface area contributed by atoms with Gasteiger partial charge in [0, 0.05) is 26.2 Å². The molecular weight excluding hydrogens is 242 g/mol. The largest absolute Gasteiger partial charge is 0.351 e. The van der Waals surface area contributed by atoms with Crippen molar-refractivity contribution >= 4 is 5.78 Å². The molecule has 2 aliphatic heterocycles. The Hall–Kier alpha value is -1.23. The Balaban J connectivity index is 2.13. The van der Waals surface area contributed by atoms with Crippen LogP contribution in [0.2, 0.25) is 0 Å². The average Bonchev–Trinajstić information content (AvgIpc) is 2.46. The minimum atomic E-state index is -0.644. The second-order valence-corrected chi connectivity index (χ2v) is 5.21. The van der Waals surface area contributed by atoms with E-state index in [1.807, 2.05) is 24.3 Å². The highest BCUT2D eigenvalue weighted by atomic mass is 16.7. The summed E-state index contributed by atoms with van der Waals surface area (Å²) in [6, 6.07) is 7.81. The van der Waals surface area contributed by atoms with E-state index in [0.29, 0.717) is 6.54 Å². The molecule has 0 saturated carbocycles. The first-order valence-corrected chi connectivity index (χ1v) is 6.68. The van der Waals surface area contributed by atoms with Crippen molar-refractivity contribution in [3.63, 3.8) is 0 Å². The van der Waals surface area contributed by atoms with Crippen LogP contribution in [0, 0.1) is 0 Å². The highest BCUT2D eigenvalue weighted by Crippen LogP contribution is 2.45. The van der Waals surface area contributed by atoms with E-state index >= 15 is 0 Å². The molecule has 0 aromatic heterocycles. The van der Waals surface area contributed by atoms with Gasteiger partial charge in [0.15, 0.2) is 11.6 Å². The third-order valence-corrected chi connectivity index (χ3v) is 4.35. The van der Waals surface area contributed by atoms with E-state index in [9.17, 15) is 4.79 Å². The molecule has 0 N–H and O–H groups in total. The molecule has 102 valence electrons. The van der Waals surface area contributed by atoms with Crippen LogP contribution in [0.1, 0.15) is 34.8 Å². The standard InChI is InChI=1S/C15H19NO3/c1-18-15(19-2)8-5-9-16-10-13(17)11-6-3-4-7-12(11)14(15)16/h3-4,6-7,14H,5,8-10H2,1-2H3. The summed E-state index contributed by atoms with van der Waals surface area (Å²) in [5, 5.41) is 0. The minimum Gasteiger partial charge on any atom is -0.351 e. The number of benzene rings is 1. The predicted octanol–water partition coefficient (Wildman–Crippen LogP) is 2.01. The van der Waals surface area contributed by atoms with Crippen LogP contribution in [0.5, 0.6) is 0 Å². The number of piperidine rings is 1. The summed E-state index contributed by atoms with van der Waals surface area (Å²) in [5.74, 6) is -0.454. The smallest absolute Gasteiger partial charge is 0.187 e. The third kappa shape index (κ3) is 1.83. The van der Waals surface area contributed by atoms with Crippen LogP contribution in [-0.4, -0.2) is 43.8 Å². The second-order valence-electron chi connectivity index (χ2n) is 5.21. The zero-order valence-electron chi connectivity index (χ0n) is 11.4. The molecule has 0 bridgehead atoms. The highest BCUT2D eigenvalue weighted by Gasteiger charge is 2.49. The summed E-state index contributed by atoms with van der Waals surface area (Å²) in [4.78, 5) is 14.4. The fourth-order valence-corrected chi connectivity index (χ4v) is 3.45. The lowest BCUT2D eigenvalue weighted by Crippen LogP contribution is -2.56. The molecule has 4 heteroatoms. The van der Waals surface area contributed by atoms with Gasteiger partial charge in [0.25, 0.3) is 0 Å². The van der Waals surface area contributed by atoms with Crippen LogP contribution < -0.4 is 0 Å². The monoisotopic (exact) mass is 261 g/mol. The van der Waals surface area contributed by atoms with Crippen LogP contribution in [0.15, 0.2) is 24.3 Å². The molecule has 3 rings (SSSR count). The van der Waals surface area contributed by atoms with Crippen LogP contribution in [-0.2, 0) is 9.47 Å². The molecule has 1 atom stereocenters. The average molecular weight is 261 g/mol. The van der Waals surface area contributed by atoms with Gasteiger partial charge in [-0.25, -0.2) is 0 Å². The minimum absolute atomic E-state index is 0.00477. The zero-order valence-corrected chi connectivity index (χ0v) is 11.4. The summed E-state index contributed by atoms with van der Waals surface area (Å²) in [5.41, 5.74) is 1.84. The summed E-state index contributed by atoms with van der Waals surface area (Å²) >= 11 is 0. The first-order valence-electron chi connectivity index (χ1n) is 6.68. The Morgan fingerprint density at radius 1 is 1.26 bits per heavy atom. The van der Waals surface area contributed by atoms with Gasteiger partial charge in [-0.1, -0.05) is 24.3 Å². The van der Waals surface area contributed by atoms with Crippen LogP contribution in [0.25, 0.3) is 0 Å². The molecule has 0 amide bonds. The van der Waals surface area contributed by atoms with Gasteiger partial charge in [-0.2, -0.15) is 0 Å². The lowest BCUT2D eigenvalue weighted by atomic mass is 9.82. The first kappa shape index (κ1) is 12.8. The van der Waals surface area contributed by atoms with E-state index in [1.54, 1.807) is 14.2 Å². The highest BCUT2D eigenvalue weighted by molar-refractivity contribution is 6.00. The zero-order chi connectivity index (χ0) is 13.5. The van der Waals surface area contributed by atoms with E-state index in [0.717, 1.165) is 30.5 Å². The maximum absolute atomic E-state index is 12.2. The van der Waals surface area contributed by atoms with E-state index in [-0.39, 0.29) is 11.8 Å². The number of hydrogen-bond acceptors (Lipinski definition) is 4. The van der Waals surface area contributed by atoms with E-state index < -0.39 is 5.79 Å². The Labute approximate surface area is 113 Å². The molecule has 1 aromatic carbocycles. The number of fused-ring (bicyclic) bond motifs is 3. The first-order chi connectivity index (χ1) is 9.22. The molecular formula is C15H19NO3. The fourth-order valence-electron chi connectivity index (χ4n) is 3.45. The fraction of sp³-hybridized carbons (Fsp3) is 0.533. The molecule has 2 aliphatic rings. The number of Topliss-reactive ketones (excluding diaryl/α,β-unsaturated/α-hetero) is 1. The second kappa shape index (κ2) is 4.71. The number of ether oxygens (including phenoxy) is 2. The number of ketones is 1. The SMILES string of the molecule is COC1(OC)CCCN2CC(=O)c3ccccc3C21. The van der Waals surface area contributed by atoms with Gasteiger partial charge in [-0.05, 0) is 18.5 Å². The molecule has 1 aromatic rings. The van der Waals surface area contributed by atoms with Gasteiger partial charge < -0.3 is 9.47 Å². The molecule has 0 spiro atoms. The predicted molar refractivity (Wildman–Crippen MR) is 71.1 cm³/mol. The number of nitrogens with zero attached hydrogens (tertiary/aromatic N) is 1. The number of hydrogen-bond donors (Lipinski definition) is 0. The summed E-state index contributed by atoms with van der Waals surface area (Å²) < 4.78 is 11.4. The van der Waals surface area contributed by atoms with Gasteiger partial charge in [-0.3, -0.25) is 9.69 Å².